The normalized spacial score (nSPS) is 31.8. The van der Waals surface area contributed by atoms with Crippen LogP contribution < -0.4 is 5.73 Å². The molecule has 5 rings (SSSR count). The van der Waals surface area contributed by atoms with Crippen molar-refractivity contribution in [1.82, 2.24) is 19.5 Å². The van der Waals surface area contributed by atoms with Crippen molar-refractivity contribution >= 4 is 47.1 Å². The van der Waals surface area contributed by atoms with Gasteiger partial charge in [-0.05, 0) is 23.9 Å². The molecule has 2 saturated heterocycles. The number of hydrogen-bond donors (Lipinski definition) is 3. The number of halogens is 2. The van der Waals surface area contributed by atoms with Crippen LogP contribution in [0.4, 0.5) is 10.2 Å². The smallest absolute Gasteiger partial charge is 0.327 e. The minimum absolute atomic E-state index is 0.174. The fourth-order valence-corrected chi connectivity index (χ4v) is 6.13. The fraction of sp³-hybridized carbons (Fsp3) is 0.421. The van der Waals surface area contributed by atoms with Crippen LogP contribution in [0.1, 0.15) is 24.3 Å². The third kappa shape index (κ3) is 4.43. The molecule has 2 aliphatic rings. The van der Waals surface area contributed by atoms with Gasteiger partial charge in [0, 0.05) is 17.0 Å². The number of fused-ring (bicyclic) bond motifs is 1. The first kappa shape index (κ1) is 23.9. The van der Waals surface area contributed by atoms with Crippen LogP contribution in [0.5, 0.6) is 0 Å². The SMILES string of the molecule is Nc1ncnc2c1ncn2[C@@H]1O[C@H](COP2(=S)OCC[C@H](c3ccc(Cl)cc3F)O2)C(O)[C@@H]1O. The van der Waals surface area contributed by atoms with Gasteiger partial charge in [0.25, 0.3) is 0 Å². The van der Waals surface area contributed by atoms with Crippen molar-refractivity contribution in [3.05, 3.63) is 47.3 Å². The number of nitrogens with two attached hydrogens (primary N) is 1. The number of benzene rings is 1. The molecule has 2 aromatic heterocycles. The predicted molar refractivity (Wildman–Crippen MR) is 122 cm³/mol. The Labute approximate surface area is 202 Å². The van der Waals surface area contributed by atoms with Crippen molar-refractivity contribution < 1.29 is 32.9 Å². The van der Waals surface area contributed by atoms with E-state index in [2.05, 4.69) is 15.0 Å². The number of aliphatic hydroxyl groups is 2. The second-order valence-electron chi connectivity index (χ2n) is 7.75. The molecule has 4 N–H and O–H groups in total. The highest BCUT2D eigenvalue weighted by Crippen LogP contribution is 2.57. The molecule has 2 fully saturated rings. The van der Waals surface area contributed by atoms with E-state index in [-0.39, 0.29) is 24.1 Å². The first-order valence-electron chi connectivity index (χ1n) is 10.2. The van der Waals surface area contributed by atoms with Gasteiger partial charge in [-0.25, -0.2) is 19.3 Å². The topological polar surface area (TPSA) is 147 Å². The molecule has 15 heteroatoms. The summed E-state index contributed by atoms with van der Waals surface area (Å²) in [6.07, 6.45) is -2.24. The summed E-state index contributed by atoms with van der Waals surface area (Å²) in [5.74, 6) is -0.341. The van der Waals surface area contributed by atoms with Gasteiger partial charge in [-0.1, -0.05) is 17.7 Å². The quantitative estimate of drug-likeness (QED) is 0.416. The van der Waals surface area contributed by atoms with Crippen LogP contribution in [0.25, 0.3) is 11.2 Å². The van der Waals surface area contributed by atoms with E-state index in [0.29, 0.717) is 23.1 Å². The molecule has 2 aliphatic heterocycles. The molecule has 4 heterocycles. The third-order valence-electron chi connectivity index (χ3n) is 5.59. The number of rotatable bonds is 5. The Kier molecular flexibility index (Phi) is 6.57. The summed E-state index contributed by atoms with van der Waals surface area (Å²) >= 11 is 11.3. The van der Waals surface area contributed by atoms with Crippen molar-refractivity contribution in [2.24, 2.45) is 0 Å². The van der Waals surface area contributed by atoms with Crippen LogP contribution >= 0.6 is 18.3 Å². The lowest BCUT2D eigenvalue weighted by Gasteiger charge is -2.32. The van der Waals surface area contributed by atoms with E-state index >= 15 is 0 Å². The molecule has 1 aromatic carbocycles. The Bertz CT molecular complexity index is 1270. The lowest BCUT2D eigenvalue weighted by atomic mass is 10.1. The van der Waals surface area contributed by atoms with E-state index in [9.17, 15) is 14.6 Å². The van der Waals surface area contributed by atoms with Crippen molar-refractivity contribution in [3.8, 4) is 0 Å². The number of imidazole rings is 1. The molecule has 0 aliphatic carbocycles. The van der Waals surface area contributed by atoms with E-state index in [4.69, 9.17) is 47.4 Å². The van der Waals surface area contributed by atoms with Crippen LogP contribution in [-0.4, -0.2) is 61.3 Å². The number of hydrogen-bond acceptors (Lipinski definition) is 11. The average molecular weight is 532 g/mol. The Morgan fingerprint density at radius 3 is 2.91 bits per heavy atom. The van der Waals surface area contributed by atoms with Gasteiger partial charge in [0.1, 0.15) is 36.0 Å². The first-order chi connectivity index (χ1) is 16.3. The standard InChI is InChI=1S/C19H20ClFN5O6PS/c20-9-1-2-10(11(21)5-9)12-3-4-29-33(34,32-12)30-6-13-15(27)16(28)19(31-13)26-8-25-14-17(22)23-7-24-18(14)26/h1-2,5,7-8,12-13,15-16,19,27-28H,3-4,6H2,(H2,22,23,24)/t12-,13-,15?,16+,19-,33?/m1/s1. The van der Waals surface area contributed by atoms with Gasteiger partial charge in [0.05, 0.1) is 25.6 Å². The van der Waals surface area contributed by atoms with Gasteiger partial charge in [-0.3, -0.25) is 4.57 Å². The zero-order valence-corrected chi connectivity index (χ0v) is 19.9. The number of ether oxygens (including phenoxy) is 1. The summed E-state index contributed by atoms with van der Waals surface area (Å²) < 4.78 is 38.8. The molecule has 3 aromatic rings. The zero-order valence-electron chi connectivity index (χ0n) is 17.4. The van der Waals surface area contributed by atoms with Crippen LogP contribution in [0, 0.1) is 5.82 Å². The Morgan fingerprint density at radius 2 is 2.12 bits per heavy atom. The Balaban J connectivity index is 1.28. The lowest BCUT2D eigenvalue weighted by Crippen LogP contribution is -2.34. The second-order valence-corrected chi connectivity index (χ2v) is 11.2. The van der Waals surface area contributed by atoms with E-state index in [1.807, 2.05) is 0 Å². The van der Waals surface area contributed by atoms with E-state index in [1.54, 1.807) is 6.07 Å². The molecule has 11 nitrogen and oxygen atoms in total. The zero-order chi connectivity index (χ0) is 24.0. The van der Waals surface area contributed by atoms with Crippen LogP contribution in [0.3, 0.4) is 0 Å². The molecule has 0 amide bonds. The van der Waals surface area contributed by atoms with Gasteiger partial charge >= 0.3 is 6.72 Å². The molecule has 0 spiro atoms. The van der Waals surface area contributed by atoms with Crippen LogP contribution in [0.2, 0.25) is 5.02 Å². The number of aromatic nitrogens is 4. The first-order valence-corrected chi connectivity index (χ1v) is 13.2. The Morgan fingerprint density at radius 1 is 1.29 bits per heavy atom. The maximum atomic E-state index is 14.4. The highest BCUT2D eigenvalue weighted by molar-refractivity contribution is 8.07. The summed E-state index contributed by atoms with van der Waals surface area (Å²) in [6.45, 7) is -3.32. The summed E-state index contributed by atoms with van der Waals surface area (Å²) in [4.78, 5) is 12.1. The molecular weight excluding hydrogens is 512 g/mol. The van der Waals surface area contributed by atoms with Gasteiger partial charge < -0.3 is 34.3 Å². The summed E-state index contributed by atoms with van der Waals surface area (Å²) in [7, 11) is 0. The van der Waals surface area contributed by atoms with E-state index in [0.717, 1.165) is 0 Å². The summed E-state index contributed by atoms with van der Waals surface area (Å²) in [5.41, 5.74) is 6.78. The van der Waals surface area contributed by atoms with Crippen molar-refractivity contribution in [2.45, 2.75) is 37.1 Å². The molecule has 0 bridgehead atoms. The van der Waals surface area contributed by atoms with Gasteiger partial charge in [-0.15, -0.1) is 0 Å². The van der Waals surface area contributed by atoms with E-state index < -0.39 is 43.2 Å². The molecule has 2 unspecified atom stereocenters. The maximum absolute atomic E-state index is 14.4. The van der Waals surface area contributed by atoms with Crippen molar-refractivity contribution in [1.29, 1.82) is 0 Å². The summed E-state index contributed by atoms with van der Waals surface area (Å²) in [6, 6.07) is 4.29. The van der Waals surface area contributed by atoms with Crippen LogP contribution in [-0.2, 0) is 30.1 Å². The minimum Gasteiger partial charge on any atom is -0.387 e. The van der Waals surface area contributed by atoms with Gasteiger partial charge in [0.2, 0.25) is 0 Å². The van der Waals surface area contributed by atoms with Gasteiger partial charge in [0.15, 0.2) is 17.7 Å². The van der Waals surface area contributed by atoms with E-state index in [1.165, 1.54) is 29.4 Å². The highest BCUT2D eigenvalue weighted by atomic mass is 35.5. The maximum Gasteiger partial charge on any atom is 0.327 e. The summed E-state index contributed by atoms with van der Waals surface area (Å²) in [5, 5.41) is 21.4. The predicted octanol–water partition coefficient (Wildman–Crippen LogP) is 2.24. The minimum atomic E-state index is -3.29. The van der Waals surface area contributed by atoms with Crippen molar-refractivity contribution in [3.63, 3.8) is 0 Å². The monoisotopic (exact) mass is 531 g/mol. The molecular formula is C19H20ClFN5O6PS. The number of nitrogen functional groups attached to an aromatic ring is 1. The second kappa shape index (κ2) is 9.34. The van der Waals surface area contributed by atoms with Crippen molar-refractivity contribution in [2.75, 3.05) is 18.9 Å². The number of aliphatic hydroxyl groups excluding tert-OH is 2. The largest absolute Gasteiger partial charge is 0.387 e. The number of nitrogens with zero attached hydrogens (tertiary/aromatic N) is 4. The fourth-order valence-electron chi connectivity index (χ4n) is 3.87. The average Bonchev–Trinajstić information content (AvgIpc) is 3.35. The lowest BCUT2D eigenvalue weighted by molar-refractivity contribution is -0.0533. The number of anilines is 1. The molecule has 6 atom stereocenters. The highest BCUT2D eigenvalue weighted by Gasteiger charge is 2.45. The third-order valence-corrected chi connectivity index (χ3v) is 8.19. The molecule has 34 heavy (non-hydrogen) atoms. The van der Waals surface area contributed by atoms with Gasteiger partial charge in [-0.2, -0.15) is 0 Å². The molecule has 0 radical (unpaired) electrons. The van der Waals surface area contributed by atoms with Crippen LogP contribution in [0.15, 0.2) is 30.9 Å². The Hall–Kier alpha value is -1.80. The molecule has 0 saturated carbocycles. The molecule has 182 valence electrons.